The molecular weight excluding hydrogens is 323 g/mol. The van der Waals surface area contributed by atoms with E-state index in [1.165, 1.54) is 12.8 Å². The highest BCUT2D eigenvalue weighted by molar-refractivity contribution is 6.30. The molecule has 0 saturated carbocycles. The zero-order valence-electron chi connectivity index (χ0n) is 12.8. The predicted molar refractivity (Wildman–Crippen MR) is 92.0 cm³/mol. The molecule has 0 aromatic heterocycles. The van der Waals surface area contributed by atoms with E-state index in [1.54, 1.807) is 31.2 Å². The molecule has 1 aliphatic heterocycles. The third-order valence-corrected chi connectivity index (χ3v) is 3.96. The molecule has 0 spiro atoms. The molecule has 1 heterocycles. The van der Waals surface area contributed by atoms with Crippen LogP contribution in [0.3, 0.4) is 0 Å². The predicted octanol–water partition coefficient (Wildman–Crippen LogP) is 3.04. The molecule has 2 N–H and O–H groups in total. The SMILES string of the molecule is CC(Oc1cccc(Cl)c1)C(=O)NCCC1CCCNC1.Cl. The van der Waals surface area contributed by atoms with E-state index < -0.39 is 6.10 Å². The Morgan fingerprint density at radius 1 is 1.55 bits per heavy atom. The van der Waals surface area contributed by atoms with Crippen molar-refractivity contribution in [3.63, 3.8) is 0 Å². The van der Waals surface area contributed by atoms with Crippen LogP contribution in [-0.4, -0.2) is 31.6 Å². The maximum absolute atomic E-state index is 12.0. The molecule has 2 unspecified atom stereocenters. The molecule has 4 nitrogen and oxygen atoms in total. The van der Waals surface area contributed by atoms with Crippen LogP contribution in [0.5, 0.6) is 5.75 Å². The standard InChI is InChI=1S/C16H23ClN2O2.ClH/c1-12(21-15-6-2-5-14(17)10-15)16(20)19-9-7-13-4-3-8-18-11-13;/h2,5-6,10,12-13,18H,3-4,7-9,11H2,1H3,(H,19,20);1H. The van der Waals surface area contributed by atoms with E-state index in [0.717, 1.165) is 19.5 Å². The van der Waals surface area contributed by atoms with E-state index in [4.69, 9.17) is 16.3 Å². The van der Waals surface area contributed by atoms with Crippen LogP contribution in [0.15, 0.2) is 24.3 Å². The summed E-state index contributed by atoms with van der Waals surface area (Å²) in [5.41, 5.74) is 0. The summed E-state index contributed by atoms with van der Waals surface area (Å²) in [5, 5.41) is 6.93. The molecule has 2 rings (SSSR count). The number of halogens is 2. The Bertz CT molecular complexity index is 465. The van der Waals surface area contributed by atoms with Crippen LogP contribution >= 0.6 is 24.0 Å². The third kappa shape index (κ3) is 6.42. The van der Waals surface area contributed by atoms with E-state index in [2.05, 4.69) is 10.6 Å². The Kier molecular flexibility index (Phi) is 8.61. The Hall–Kier alpha value is -0.970. The zero-order chi connectivity index (χ0) is 15.1. The lowest BCUT2D eigenvalue weighted by Crippen LogP contribution is -2.38. The fourth-order valence-corrected chi connectivity index (χ4v) is 2.69. The van der Waals surface area contributed by atoms with Gasteiger partial charge in [0.05, 0.1) is 0 Å². The van der Waals surface area contributed by atoms with E-state index in [-0.39, 0.29) is 18.3 Å². The molecule has 124 valence electrons. The Morgan fingerprint density at radius 3 is 3.05 bits per heavy atom. The molecule has 1 amide bonds. The lowest BCUT2D eigenvalue weighted by atomic mass is 9.96. The maximum Gasteiger partial charge on any atom is 0.260 e. The quantitative estimate of drug-likeness (QED) is 0.832. The van der Waals surface area contributed by atoms with Crippen molar-refractivity contribution in [1.29, 1.82) is 0 Å². The van der Waals surface area contributed by atoms with Gasteiger partial charge in [0.25, 0.3) is 5.91 Å². The van der Waals surface area contributed by atoms with Gasteiger partial charge in [-0.2, -0.15) is 0 Å². The molecule has 1 fully saturated rings. The van der Waals surface area contributed by atoms with Crippen molar-refractivity contribution >= 4 is 29.9 Å². The van der Waals surface area contributed by atoms with Crippen LogP contribution in [0.4, 0.5) is 0 Å². The first-order chi connectivity index (χ1) is 10.1. The Balaban J connectivity index is 0.00000242. The van der Waals surface area contributed by atoms with Gasteiger partial charge in [0.2, 0.25) is 0 Å². The molecule has 1 aromatic carbocycles. The van der Waals surface area contributed by atoms with E-state index in [9.17, 15) is 4.79 Å². The van der Waals surface area contributed by atoms with Gasteiger partial charge >= 0.3 is 0 Å². The van der Waals surface area contributed by atoms with E-state index in [1.807, 2.05) is 0 Å². The van der Waals surface area contributed by atoms with Gasteiger partial charge in [0, 0.05) is 11.6 Å². The summed E-state index contributed by atoms with van der Waals surface area (Å²) in [4.78, 5) is 12.0. The van der Waals surface area contributed by atoms with Gasteiger partial charge in [-0.15, -0.1) is 12.4 Å². The van der Waals surface area contributed by atoms with Crippen molar-refractivity contribution in [1.82, 2.24) is 10.6 Å². The van der Waals surface area contributed by atoms with Crippen molar-refractivity contribution in [3.8, 4) is 5.75 Å². The van der Waals surface area contributed by atoms with Crippen molar-refractivity contribution in [3.05, 3.63) is 29.3 Å². The minimum absolute atomic E-state index is 0. The van der Waals surface area contributed by atoms with E-state index in [0.29, 0.717) is 23.2 Å². The molecule has 0 bridgehead atoms. The van der Waals surface area contributed by atoms with Gasteiger partial charge in [-0.3, -0.25) is 4.79 Å². The highest BCUT2D eigenvalue weighted by Crippen LogP contribution is 2.18. The summed E-state index contributed by atoms with van der Waals surface area (Å²) in [7, 11) is 0. The number of hydrogen-bond acceptors (Lipinski definition) is 3. The van der Waals surface area contributed by atoms with Gasteiger partial charge in [-0.05, 0) is 63.4 Å². The van der Waals surface area contributed by atoms with Crippen LogP contribution in [0, 0.1) is 5.92 Å². The van der Waals surface area contributed by atoms with Crippen LogP contribution < -0.4 is 15.4 Å². The Morgan fingerprint density at radius 2 is 2.36 bits per heavy atom. The van der Waals surface area contributed by atoms with Crippen LogP contribution in [-0.2, 0) is 4.79 Å². The molecule has 6 heteroatoms. The third-order valence-electron chi connectivity index (χ3n) is 3.73. The van der Waals surface area contributed by atoms with E-state index >= 15 is 0 Å². The highest BCUT2D eigenvalue weighted by atomic mass is 35.5. The number of hydrogen-bond donors (Lipinski definition) is 2. The molecule has 1 saturated heterocycles. The zero-order valence-corrected chi connectivity index (χ0v) is 14.4. The lowest BCUT2D eigenvalue weighted by Gasteiger charge is -2.23. The number of piperidine rings is 1. The maximum atomic E-state index is 12.0. The molecule has 2 atom stereocenters. The normalized spacial score (nSPS) is 18.9. The van der Waals surface area contributed by atoms with Crippen LogP contribution in [0.1, 0.15) is 26.2 Å². The summed E-state index contributed by atoms with van der Waals surface area (Å²) in [6.07, 6.45) is 2.97. The lowest BCUT2D eigenvalue weighted by molar-refractivity contribution is -0.127. The minimum Gasteiger partial charge on any atom is -0.481 e. The number of benzene rings is 1. The first-order valence-corrected chi connectivity index (χ1v) is 7.93. The second-order valence-corrected chi connectivity index (χ2v) is 5.95. The fourth-order valence-electron chi connectivity index (χ4n) is 2.51. The largest absolute Gasteiger partial charge is 0.481 e. The summed E-state index contributed by atoms with van der Waals surface area (Å²) >= 11 is 5.89. The number of nitrogens with one attached hydrogen (secondary N) is 2. The number of carbonyl (C=O) groups excluding carboxylic acids is 1. The van der Waals surface area contributed by atoms with Crippen molar-refractivity contribution < 1.29 is 9.53 Å². The first-order valence-electron chi connectivity index (χ1n) is 7.56. The van der Waals surface area contributed by atoms with Crippen molar-refractivity contribution in [2.75, 3.05) is 19.6 Å². The van der Waals surface area contributed by atoms with Crippen molar-refractivity contribution in [2.24, 2.45) is 5.92 Å². The number of carbonyl (C=O) groups is 1. The monoisotopic (exact) mass is 346 g/mol. The summed E-state index contributed by atoms with van der Waals surface area (Å²) in [6, 6.07) is 7.08. The fraction of sp³-hybridized carbons (Fsp3) is 0.562. The average molecular weight is 347 g/mol. The molecular formula is C16H24Cl2N2O2. The minimum atomic E-state index is -0.520. The van der Waals surface area contributed by atoms with Gasteiger partial charge in [-0.25, -0.2) is 0 Å². The summed E-state index contributed by atoms with van der Waals surface area (Å²) in [6.45, 7) is 4.63. The second-order valence-electron chi connectivity index (χ2n) is 5.51. The Labute approximate surface area is 143 Å². The second kappa shape index (κ2) is 9.93. The van der Waals surface area contributed by atoms with Crippen molar-refractivity contribution in [2.45, 2.75) is 32.3 Å². The first kappa shape index (κ1) is 19.1. The highest BCUT2D eigenvalue weighted by Gasteiger charge is 2.16. The molecule has 0 radical (unpaired) electrons. The van der Waals surface area contributed by atoms with Gasteiger partial charge in [-0.1, -0.05) is 17.7 Å². The summed E-state index contributed by atoms with van der Waals surface area (Å²) < 4.78 is 5.59. The molecule has 22 heavy (non-hydrogen) atoms. The van der Waals surface area contributed by atoms with Gasteiger partial charge in [0.1, 0.15) is 5.75 Å². The topological polar surface area (TPSA) is 50.4 Å². The molecule has 0 aliphatic carbocycles. The van der Waals surface area contributed by atoms with Gasteiger partial charge in [0.15, 0.2) is 6.10 Å². The van der Waals surface area contributed by atoms with Gasteiger partial charge < -0.3 is 15.4 Å². The molecule has 1 aromatic rings. The number of ether oxygens (including phenoxy) is 1. The number of amides is 1. The smallest absolute Gasteiger partial charge is 0.260 e. The summed E-state index contributed by atoms with van der Waals surface area (Å²) in [5.74, 6) is 1.20. The number of rotatable bonds is 6. The molecule has 1 aliphatic rings. The van der Waals surface area contributed by atoms with Crippen LogP contribution in [0.25, 0.3) is 0 Å². The average Bonchev–Trinajstić information content (AvgIpc) is 2.48. The van der Waals surface area contributed by atoms with Crippen LogP contribution in [0.2, 0.25) is 5.02 Å².